The Bertz CT molecular complexity index is 588. The van der Waals surface area contributed by atoms with Gasteiger partial charge >= 0.3 is 0 Å². The Morgan fingerprint density at radius 2 is 2.06 bits per heavy atom. The molecule has 0 amide bonds. The molecule has 3 nitrogen and oxygen atoms in total. The zero-order valence-electron chi connectivity index (χ0n) is 10.4. The fourth-order valence-corrected chi connectivity index (χ4v) is 1.91. The zero-order valence-corrected chi connectivity index (χ0v) is 10.4. The van der Waals surface area contributed by atoms with Crippen molar-refractivity contribution in [3.63, 3.8) is 0 Å². The maximum absolute atomic E-state index is 8.74. The van der Waals surface area contributed by atoms with E-state index in [0.29, 0.717) is 6.42 Å². The van der Waals surface area contributed by atoms with Crippen LogP contribution in [0.15, 0.2) is 24.4 Å². The lowest BCUT2D eigenvalue weighted by molar-refractivity contribution is 0.836. The predicted octanol–water partition coefficient (Wildman–Crippen LogP) is 2.86. The van der Waals surface area contributed by atoms with Crippen molar-refractivity contribution < 1.29 is 0 Å². The molecule has 0 atom stereocenters. The SMILES string of the molecule is Cc1cccc(-n2ncc(CC#N)c2C)c1C. The van der Waals surface area contributed by atoms with E-state index in [1.54, 1.807) is 6.20 Å². The number of hydrogen-bond acceptors (Lipinski definition) is 2. The highest BCUT2D eigenvalue weighted by Gasteiger charge is 2.10. The summed E-state index contributed by atoms with van der Waals surface area (Å²) in [6, 6.07) is 8.34. The number of rotatable bonds is 2. The van der Waals surface area contributed by atoms with Crippen molar-refractivity contribution in [2.24, 2.45) is 0 Å². The highest BCUT2D eigenvalue weighted by atomic mass is 15.3. The molecule has 0 aliphatic carbocycles. The molecule has 0 spiro atoms. The van der Waals surface area contributed by atoms with Crippen molar-refractivity contribution in [2.75, 3.05) is 0 Å². The van der Waals surface area contributed by atoms with Crippen LogP contribution >= 0.6 is 0 Å². The first-order valence-corrected chi connectivity index (χ1v) is 5.62. The highest BCUT2D eigenvalue weighted by Crippen LogP contribution is 2.20. The molecule has 0 bridgehead atoms. The quantitative estimate of drug-likeness (QED) is 0.788. The topological polar surface area (TPSA) is 41.6 Å². The molecule has 86 valence electrons. The molecule has 0 radical (unpaired) electrons. The van der Waals surface area contributed by atoms with Gasteiger partial charge in [-0.05, 0) is 38.0 Å². The summed E-state index contributed by atoms with van der Waals surface area (Å²) >= 11 is 0. The summed E-state index contributed by atoms with van der Waals surface area (Å²) in [5, 5.41) is 13.1. The first-order valence-electron chi connectivity index (χ1n) is 5.62. The van der Waals surface area contributed by atoms with Crippen LogP contribution in [0.5, 0.6) is 0 Å². The minimum atomic E-state index is 0.413. The van der Waals surface area contributed by atoms with E-state index in [0.717, 1.165) is 16.9 Å². The van der Waals surface area contributed by atoms with Gasteiger partial charge in [-0.3, -0.25) is 0 Å². The van der Waals surface area contributed by atoms with Crippen LogP contribution in [-0.2, 0) is 6.42 Å². The Balaban J connectivity index is 2.55. The first kappa shape index (κ1) is 11.4. The molecule has 3 heteroatoms. The van der Waals surface area contributed by atoms with Crippen LogP contribution in [0.1, 0.15) is 22.4 Å². The molecule has 2 rings (SSSR count). The van der Waals surface area contributed by atoms with E-state index in [4.69, 9.17) is 5.26 Å². The average Bonchev–Trinajstić information content (AvgIpc) is 2.66. The number of hydrogen-bond donors (Lipinski definition) is 0. The number of benzene rings is 1. The van der Waals surface area contributed by atoms with Crippen LogP contribution < -0.4 is 0 Å². The molecule has 0 aliphatic heterocycles. The smallest absolute Gasteiger partial charge is 0.0680 e. The second-order valence-electron chi connectivity index (χ2n) is 4.22. The second-order valence-corrected chi connectivity index (χ2v) is 4.22. The average molecular weight is 225 g/mol. The maximum atomic E-state index is 8.74. The van der Waals surface area contributed by atoms with Crippen molar-refractivity contribution in [3.05, 3.63) is 46.8 Å². The lowest BCUT2D eigenvalue weighted by Gasteiger charge is -2.10. The summed E-state index contributed by atoms with van der Waals surface area (Å²) in [5.41, 5.74) is 5.60. The second kappa shape index (κ2) is 4.42. The molecule has 0 N–H and O–H groups in total. The predicted molar refractivity (Wildman–Crippen MR) is 67.1 cm³/mol. The summed E-state index contributed by atoms with van der Waals surface area (Å²) in [5.74, 6) is 0. The van der Waals surface area contributed by atoms with E-state index >= 15 is 0 Å². The molecule has 2 aromatic rings. The number of aryl methyl sites for hydroxylation is 1. The molecule has 1 aromatic carbocycles. The van der Waals surface area contributed by atoms with E-state index < -0.39 is 0 Å². The Labute approximate surface area is 101 Å². The van der Waals surface area contributed by atoms with Gasteiger partial charge in [-0.25, -0.2) is 4.68 Å². The summed E-state index contributed by atoms with van der Waals surface area (Å²) in [7, 11) is 0. The minimum Gasteiger partial charge on any atom is -0.238 e. The molecule has 0 saturated heterocycles. The highest BCUT2D eigenvalue weighted by molar-refractivity contribution is 5.45. The van der Waals surface area contributed by atoms with Gasteiger partial charge in [0.2, 0.25) is 0 Å². The van der Waals surface area contributed by atoms with Gasteiger partial charge in [0.25, 0.3) is 0 Å². The molecule has 17 heavy (non-hydrogen) atoms. The zero-order chi connectivity index (χ0) is 12.4. The molecular weight excluding hydrogens is 210 g/mol. The van der Waals surface area contributed by atoms with Gasteiger partial charge < -0.3 is 0 Å². The summed E-state index contributed by atoms with van der Waals surface area (Å²) < 4.78 is 1.91. The maximum Gasteiger partial charge on any atom is 0.0680 e. The molecule has 0 fully saturated rings. The number of nitriles is 1. The van der Waals surface area contributed by atoms with Gasteiger partial charge in [0, 0.05) is 11.3 Å². The van der Waals surface area contributed by atoms with Crippen molar-refractivity contribution in [3.8, 4) is 11.8 Å². The third kappa shape index (κ3) is 1.94. The molecule has 0 unspecified atom stereocenters. The Morgan fingerprint density at radius 3 is 2.76 bits per heavy atom. The van der Waals surface area contributed by atoms with Crippen LogP contribution in [-0.4, -0.2) is 9.78 Å². The standard InChI is InChI=1S/C14H15N3/c1-10-5-4-6-14(11(10)2)17-12(3)13(7-8-15)9-16-17/h4-6,9H,7H2,1-3H3. The molecule has 0 saturated carbocycles. The van der Waals surface area contributed by atoms with Crippen molar-refractivity contribution >= 4 is 0 Å². The Kier molecular flexibility index (Phi) is 2.97. The van der Waals surface area contributed by atoms with Gasteiger partial charge in [0.1, 0.15) is 0 Å². The lowest BCUT2D eigenvalue weighted by atomic mass is 10.1. The van der Waals surface area contributed by atoms with Gasteiger partial charge in [0.15, 0.2) is 0 Å². The van der Waals surface area contributed by atoms with Gasteiger partial charge in [0.05, 0.1) is 24.4 Å². The number of aromatic nitrogens is 2. The van der Waals surface area contributed by atoms with Gasteiger partial charge in [-0.1, -0.05) is 12.1 Å². The minimum absolute atomic E-state index is 0.413. The normalized spacial score (nSPS) is 10.2. The third-order valence-corrected chi connectivity index (χ3v) is 3.19. The molecule has 1 aromatic heterocycles. The van der Waals surface area contributed by atoms with Crippen LogP contribution in [0.25, 0.3) is 5.69 Å². The monoisotopic (exact) mass is 225 g/mol. The van der Waals surface area contributed by atoms with Crippen LogP contribution in [0.4, 0.5) is 0 Å². The Morgan fingerprint density at radius 1 is 1.29 bits per heavy atom. The van der Waals surface area contributed by atoms with Gasteiger partial charge in [-0.15, -0.1) is 0 Å². The molecular formula is C14H15N3. The van der Waals surface area contributed by atoms with E-state index in [1.165, 1.54) is 11.1 Å². The fourth-order valence-electron chi connectivity index (χ4n) is 1.91. The lowest BCUT2D eigenvalue weighted by Crippen LogP contribution is -2.02. The first-order chi connectivity index (χ1) is 8.15. The van der Waals surface area contributed by atoms with E-state index in [9.17, 15) is 0 Å². The van der Waals surface area contributed by atoms with Gasteiger partial charge in [-0.2, -0.15) is 10.4 Å². The van der Waals surface area contributed by atoms with Crippen LogP contribution in [0.2, 0.25) is 0 Å². The largest absolute Gasteiger partial charge is 0.238 e. The molecule has 1 heterocycles. The van der Waals surface area contributed by atoms with Crippen molar-refractivity contribution in [1.82, 2.24) is 9.78 Å². The fraction of sp³-hybridized carbons (Fsp3) is 0.286. The van der Waals surface area contributed by atoms with Crippen LogP contribution in [0.3, 0.4) is 0 Å². The summed E-state index contributed by atoms with van der Waals surface area (Å²) in [6.45, 7) is 6.19. The van der Waals surface area contributed by atoms with E-state index in [1.807, 2.05) is 17.7 Å². The van der Waals surface area contributed by atoms with Crippen LogP contribution in [0, 0.1) is 32.1 Å². The van der Waals surface area contributed by atoms with Crippen molar-refractivity contribution in [1.29, 1.82) is 5.26 Å². The summed E-state index contributed by atoms with van der Waals surface area (Å²) in [4.78, 5) is 0. The third-order valence-electron chi connectivity index (χ3n) is 3.19. The Hall–Kier alpha value is -2.08. The summed E-state index contributed by atoms with van der Waals surface area (Å²) in [6.07, 6.45) is 2.19. The van der Waals surface area contributed by atoms with Crippen molar-refractivity contribution in [2.45, 2.75) is 27.2 Å². The molecule has 0 aliphatic rings. The van der Waals surface area contributed by atoms with E-state index in [-0.39, 0.29) is 0 Å². The van der Waals surface area contributed by atoms with E-state index in [2.05, 4.69) is 37.1 Å². The number of nitrogens with zero attached hydrogens (tertiary/aromatic N) is 3.